The average molecular weight is 211 g/mol. The first-order valence-electron chi connectivity index (χ1n) is 6.20. The smallest absolute Gasteiger partial charge is 0.0515 e. The van der Waals surface area contributed by atoms with Gasteiger partial charge in [0.05, 0.1) is 5.69 Å². The Labute approximate surface area is 96.5 Å². The summed E-state index contributed by atoms with van der Waals surface area (Å²) in [6, 6.07) is 10.7. The lowest BCUT2D eigenvalue weighted by atomic mass is 9.91. The standard InChI is InChI=1S/C15H17N/c1-11-5-4-8-13(11)15-14-7-3-2-6-12(14)9-10-16-15/h2-3,6-7,9-11,13H,4-5,8H2,1H3/t11-,13+/m1/s1. The molecule has 82 valence electrons. The van der Waals surface area contributed by atoms with Crippen LogP contribution in [0.1, 0.15) is 37.8 Å². The first-order valence-corrected chi connectivity index (χ1v) is 6.20. The number of rotatable bonds is 1. The zero-order chi connectivity index (χ0) is 11.0. The third kappa shape index (κ3) is 1.51. The second-order valence-corrected chi connectivity index (χ2v) is 4.93. The maximum Gasteiger partial charge on any atom is 0.0515 e. The van der Waals surface area contributed by atoms with Crippen LogP contribution in [0.25, 0.3) is 10.8 Å². The minimum Gasteiger partial charge on any atom is -0.260 e. The highest BCUT2D eigenvalue weighted by Crippen LogP contribution is 2.40. The van der Waals surface area contributed by atoms with Crippen LogP contribution in [0.15, 0.2) is 36.5 Å². The molecular formula is C15H17N. The van der Waals surface area contributed by atoms with E-state index < -0.39 is 0 Å². The van der Waals surface area contributed by atoms with Gasteiger partial charge in [0.15, 0.2) is 0 Å². The fraction of sp³-hybridized carbons (Fsp3) is 0.400. The minimum atomic E-state index is 0.672. The summed E-state index contributed by atoms with van der Waals surface area (Å²) in [4.78, 5) is 4.64. The lowest BCUT2D eigenvalue weighted by Crippen LogP contribution is -2.04. The van der Waals surface area contributed by atoms with E-state index in [1.54, 1.807) is 0 Å². The zero-order valence-corrected chi connectivity index (χ0v) is 9.69. The van der Waals surface area contributed by atoms with Gasteiger partial charge in [-0.2, -0.15) is 0 Å². The normalized spacial score (nSPS) is 25.1. The summed E-state index contributed by atoms with van der Waals surface area (Å²) >= 11 is 0. The molecule has 0 amide bonds. The fourth-order valence-corrected chi connectivity index (χ4v) is 2.99. The van der Waals surface area contributed by atoms with Gasteiger partial charge in [0.25, 0.3) is 0 Å². The van der Waals surface area contributed by atoms with E-state index in [9.17, 15) is 0 Å². The molecule has 2 aromatic rings. The number of pyridine rings is 1. The molecule has 1 fully saturated rings. The summed E-state index contributed by atoms with van der Waals surface area (Å²) in [5.41, 5.74) is 1.32. The maximum absolute atomic E-state index is 4.64. The summed E-state index contributed by atoms with van der Waals surface area (Å²) in [5.74, 6) is 1.46. The number of benzene rings is 1. The second-order valence-electron chi connectivity index (χ2n) is 4.93. The van der Waals surface area contributed by atoms with E-state index in [1.807, 2.05) is 6.20 Å². The number of nitrogens with zero attached hydrogens (tertiary/aromatic N) is 1. The highest BCUT2D eigenvalue weighted by atomic mass is 14.7. The molecule has 16 heavy (non-hydrogen) atoms. The van der Waals surface area contributed by atoms with Gasteiger partial charge in [-0.25, -0.2) is 0 Å². The first kappa shape index (κ1) is 9.83. The van der Waals surface area contributed by atoms with Gasteiger partial charge in [-0.15, -0.1) is 0 Å². The molecule has 1 aromatic heterocycles. The fourth-order valence-electron chi connectivity index (χ4n) is 2.99. The number of fused-ring (bicyclic) bond motifs is 1. The van der Waals surface area contributed by atoms with Gasteiger partial charge in [-0.3, -0.25) is 4.98 Å². The molecule has 1 saturated carbocycles. The van der Waals surface area contributed by atoms with Crippen molar-refractivity contribution >= 4 is 10.8 Å². The van der Waals surface area contributed by atoms with Gasteiger partial charge in [0, 0.05) is 17.5 Å². The number of hydrogen-bond acceptors (Lipinski definition) is 1. The molecule has 0 spiro atoms. The molecule has 0 radical (unpaired) electrons. The summed E-state index contributed by atoms with van der Waals surface area (Å²) in [5, 5.41) is 2.68. The first-order chi connectivity index (χ1) is 7.86. The van der Waals surface area contributed by atoms with E-state index in [2.05, 4.69) is 42.2 Å². The van der Waals surface area contributed by atoms with Crippen molar-refractivity contribution in [2.24, 2.45) is 5.92 Å². The van der Waals surface area contributed by atoms with Gasteiger partial charge >= 0.3 is 0 Å². The molecule has 0 bridgehead atoms. The molecule has 1 aromatic carbocycles. The van der Waals surface area contributed by atoms with Crippen LogP contribution >= 0.6 is 0 Å². The van der Waals surface area contributed by atoms with Crippen LogP contribution in [0.4, 0.5) is 0 Å². The van der Waals surface area contributed by atoms with Gasteiger partial charge < -0.3 is 0 Å². The number of hydrogen-bond donors (Lipinski definition) is 0. The predicted octanol–water partition coefficient (Wildman–Crippen LogP) is 4.14. The Bertz CT molecular complexity index is 498. The summed E-state index contributed by atoms with van der Waals surface area (Å²) in [6.45, 7) is 2.36. The molecule has 3 rings (SSSR count). The molecule has 0 unspecified atom stereocenters. The highest BCUT2D eigenvalue weighted by Gasteiger charge is 2.26. The highest BCUT2D eigenvalue weighted by molar-refractivity contribution is 5.84. The van der Waals surface area contributed by atoms with Crippen LogP contribution in [-0.4, -0.2) is 4.98 Å². The van der Waals surface area contributed by atoms with Crippen LogP contribution < -0.4 is 0 Å². The summed E-state index contributed by atoms with van der Waals surface area (Å²) < 4.78 is 0. The van der Waals surface area contributed by atoms with Crippen LogP contribution in [0.3, 0.4) is 0 Å². The van der Waals surface area contributed by atoms with Crippen LogP contribution in [0.2, 0.25) is 0 Å². The summed E-state index contributed by atoms with van der Waals surface area (Å²) in [6.07, 6.45) is 5.98. The van der Waals surface area contributed by atoms with Crippen LogP contribution in [0, 0.1) is 5.92 Å². The van der Waals surface area contributed by atoms with Crippen LogP contribution in [0.5, 0.6) is 0 Å². The quantitative estimate of drug-likeness (QED) is 0.691. The topological polar surface area (TPSA) is 12.9 Å². The maximum atomic E-state index is 4.64. The monoisotopic (exact) mass is 211 g/mol. The zero-order valence-electron chi connectivity index (χ0n) is 9.69. The van der Waals surface area contributed by atoms with Crippen molar-refractivity contribution in [1.29, 1.82) is 0 Å². The van der Waals surface area contributed by atoms with Crippen molar-refractivity contribution in [3.63, 3.8) is 0 Å². The number of aromatic nitrogens is 1. The van der Waals surface area contributed by atoms with E-state index in [0.717, 1.165) is 5.92 Å². The minimum absolute atomic E-state index is 0.672. The Balaban J connectivity index is 2.16. The van der Waals surface area contributed by atoms with E-state index in [1.165, 1.54) is 35.7 Å². The average Bonchev–Trinajstić information content (AvgIpc) is 2.75. The molecule has 1 heteroatoms. The second kappa shape index (κ2) is 3.89. The third-order valence-corrected chi connectivity index (χ3v) is 3.92. The van der Waals surface area contributed by atoms with Crippen molar-refractivity contribution in [2.75, 3.05) is 0 Å². The molecule has 0 saturated heterocycles. The molecule has 1 aliphatic rings. The van der Waals surface area contributed by atoms with E-state index in [0.29, 0.717) is 5.92 Å². The lowest BCUT2D eigenvalue weighted by molar-refractivity contribution is 0.526. The van der Waals surface area contributed by atoms with Crippen molar-refractivity contribution in [3.8, 4) is 0 Å². The van der Waals surface area contributed by atoms with Gasteiger partial charge in [0.1, 0.15) is 0 Å². The molecule has 0 aliphatic heterocycles. The van der Waals surface area contributed by atoms with Gasteiger partial charge in [-0.05, 0) is 23.8 Å². The largest absolute Gasteiger partial charge is 0.260 e. The molecule has 1 heterocycles. The third-order valence-electron chi connectivity index (χ3n) is 3.92. The van der Waals surface area contributed by atoms with E-state index in [-0.39, 0.29) is 0 Å². The van der Waals surface area contributed by atoms with Crippen molar-refractivity contribution in [1.82, 2.24) is 4.98 Å². The van der Waals surface area contributed by atoms with E-state index >= 15 is 0 Å². The van der Waals surface area contributed by atoms with Gasteiger partial charge in [0.2, 0.25) is 0 Å². The molecule has 1 aliphatic carbocycles. The Morgan fingerprint density at radius 2 is 2.00 bits per heavy atom. The molecule has 1 nitrogen and oxygen atoms in total. The van der Waals surface area contributed by atoms with Gasteiger partial charge in [-0.1, -0.05) is 44.0 Å². The Morgan fingerprint density at radius 3 is 2.81 bits per heavy atom. The Morgan fingerprint density at radius 1 is 1.12 bits per heavy atom. The van der Waals surface area contributed by atoms with Crippen LogP contribution in [-0.2, 0) is 0 Å². The Kier molecular flexibility index (Phi) is 2.39. The predicted molar refractivity (Wildman–Crippen MR) is 67.5 cm³/mol. The molecule has 0 N–H and O–H groups in total. The van der Waals surface area contributed by atoms with Crippen molar-refractivity contribution in [3.05, 3.63) is 42.2 Å². The lowest BCUT2D eigenvalue weighted by Gasteiger charge is -2.16. The molecular weight excluding hydrogens is 194 g/mol. The van der Waals surface area contributed by atoms with Crippen molar-refractivity contribution in [2.45, 2.75) is 32.1 Å². The summed E-state index contributed by atoms with van der Waals surface area (Å²) in [7, 11) is 0. The molecule has 2 atom stereocenters. The van der Waals surface area contributed by atoms with E-state index in [4.69, 9.17) is 0 Å². The SMILES string of the molecule is C[C@@H]1CCC[C@@H]1c1nccc2ccccc12. The van der Waals surface area contributed by atoms with Crippen molar-refractivity contribution < 1.29 is 0 Å². The Hall–Kier alpha value is -1.37.